The Morgan fingerprint density at radius 2 is 1.94 bits per heavy atom. The number of aromatic nitrogens is 3. The molecular weight excluding hydrogens is 339 g/mol. The lowest BCUT2D eigenvalue weighted by Gasteiger charge is -1.97. The number of H-pyrrole nitrogens is 1. The molecule has 4 nitrogen and oxygen atoms in total. The second-order valence-electron chi connectivity index (χ2n) is 3.75. The number of hydrogen-bond acceptors (Lipinski definition) is 3. The second-order valence-corrected chi connectivity index (χ2v) is 4.83. The topological polar surface area (TPSA) is 65.4 Å². The number of pyridine rings is 2. The maximum atomic E-state index is 8.88. The van der Waals surface area contributed by atoms with E-state index in [1.807, 2.05) is 18.2 Å². The van der Waals surface area contributed by atoms with E-state index in [4.69, 9.17) is 5.26 Å². The van der Waals surface area contributed by atoms with Crippen LogP contribution in [-0.2, 0) is 0 Å². The van der Waals surface area contributed by atoms with Gasteiger partial charge in [0.2, 0.25) is 0 Å². The van der Waals surface area contributed by atoms with Crippen molar-refractivity contribution < 1.29 is 0 Å². The zero-order valence-corrected chi connectivity index (χ0v) is 11.3. The van der Waals surface area contributed by atoms with E-state index in [0.717, 1.165) is 25.9 Å². The normalized spacial score (nSPS) is 10.4. The minimum Gasteiger partial charge on any atom is -0.352 e. The van der Waals surface area contributed by atoms with Crippen LogP contribution in [0, 0.1) is 14.9 Å². The summed E-state index contributed by atoms with van der Waals surface area (Å²) in [4.78, 5) is 11.7. The van der Waals surface area contributed by atoms with E-state index in [2.05, 4.69) is 43.6 Å². The van der Waals surface area contributed by atoms with Crippen LogP contribution in [0.2, 0.25) is 0 Å². The van der Waals surface area contributed by atoms with Gasteiger partial charge in [-0.2, -0.15) is 5.26 Å². The van der Waals surface area contributed by atoms with Crippen LogP contribution in [0.15, 0.2) is 36.7 Å². The van der Waals surface area contributed by atoms with Gasteiger partial charge in [-0.25, -0.2) is 4.98 Å². The SMILES string of the molecule is N#Cc1ccc2[nH]c(-c3ccncc3)c(I)c2n1. The summed E-state index contributed by atoms with van der Waals surface area (Å²) in [5.74, 6) is 0. The summed E-state index contributed by atoms with van der Waals surface area (Å²) >= 11 is 2.25. The maximum Gasteiger partial charge on any atom is 0.141 e. The van der Waals surface area contributed by atoms with Gasteiger partial charge in [-0.15, -0.1) is 0 Å². The minimum atomic E-state index is 0.431. The van der Waals surface area contributed by atoms with Crippen LogP contribution in [0.5, 0.6) is 0 Å². The number of nitriles is 1. The van der Waals surface area contributed by atoms with Gasteiger partial charge in [0.05, 0.1) is 14.8 Å². The predicted molar refractivity (Wildman–Crippen MR) is 76.8 cm³/mol. The van der Waals surface area contributed by atoms with E-state index in [0.29, 0.717) is 5.69 Å². The van der Waals surface area contributed by atoms with Gasteiger partial charge in [0.25, 0.3) is 0 Å². The number of fused-ring (bicyclic) bond motifs is 1. The molecule has 0 unspecified atom stereocenters. The molecule has 0 aliphatic heterocycles. The lowest BCUT2D eigenvalue weighted by molar-refractivity contribution is 1.32. The molecule has 3 aromatic rings. The highest BCUT2D eigenvalue weighted by atomic mass is 127. The first-order chi connectivity index (χ1) is 8.79. The van der Waals surface area contributed by atoms with Crippen molar-refractivity contribution in [1.29, 1.82) is 5.26 Å². The summed E-state index contributed by atoms with van der Waals surface area (Å²) in [6.07, 6.45) is 3.51. The number of nitrogens with one attached hydrogen (secondary N) is 1. The summed E-state index contributed by atoms with van der Waals surface area (Å²) in [7, 11) is 0. The molecule has 3 rings (SSSR count). The summed E-state index contributed by atoms with van der Waals surface area (Å²) in [5.41, 5.74) is 4.27. The fraction of sp³-hybridized carbons (Fsp3) is 0. The van der Waals surface area contributed by atoms with E-state index in [1.165, 1.54) is 0 Å². The number of nitrogens with zero attached hydrogens (tertiary/aromatic N) is 3. The third kappa shape index (κ3) is 1.75. The Balaban J connectivity index is 2.27. The molecule has 0 radical (unpaired) electrons. The van der Waals surface area contributed by atoms with E-state index in [9.17, 15) is 0 Å². The quantitative estimate of drug-likeness (QED) is 0.689. The van der Waals surface area contributed by atoms with Gasteiger partial charge in [0.1, 0.15) is 17.3 Å². The monoisotopic (exact) mass is 346 g/mol. The molecule has 1 N–H and O–H groups in total. The highest BCUT2D eigenvalue weighted by Gasteiger charge is 2.12. The molecule has 0 atom stereocenters. The minimum absolute atomic E-state index is 0.431. The first-order valence-corrected chi connectivity index (χ1v) is 6.36. The molecular formula is C13H7IN4. The van der Waals surface area contributed by atoms with E-state index in [1.54, 1.807) is 18.5 Å². The van der Waals surface area contributed by atoms with Crippen molar-refractivity contribution >= 4 is 33.6 Å². The molecule has 0 fully saturated rings. The molecule has 0 aliphatic rings. The Morgan fingerprint density at radius 3 is 2.67 bits per heavy atom. The summed E-state index contributed by atoms with van der Waals surface area (Å²) in [6.45, 7) is 0. The first-order valence-electron chi connectivity index (χ1n) is 5.28. The maximum absolute atomic E-state index is 8.88. The Bertz CT molecular complexity index is 756. The van der Waals surface area contributed by atoms with Crippen molar-refractivity contribution in [2.45, 2.75) is 0 Å². The van der Waals surface area contributed by atoms with E-state index >= 15 is 0 Å². The molecule has 0 saturated heterocycles. The van der Waals surface area contributed by atoms with Gasteiger partial charge in [0, 0.05) is 18.0 Å². The molecule has 0 bridgehead atoms. The van der Waals surface area contributed by atoms with Crippen molar-refractivity contribution in [3.8, 4) is 17.3 Å². The van der Waals surface area contributed by atoms with Gasteiger partial charge in [-0.1, -0.05) is 0 Å². The van der Waals surface area contributed by atoms with Crippen LogP contribution in [0.25, 0.3) is 22.3 Å². The van der Waals surface area contributed by atoms with Crippen molar-refractivity contribution in [3.63, 3.8) is 0 Å². The average molecular weight is 346 g/mol. The molecule has 0 aromatic carbocycles. The molecule has 3 heterocycles. The van der Waals surface area contributed by atoms with Crippen LogP contribution >= 0.6 is 22.6 Å². The smallest absolute Gasteiger partial charge is 0.141 e. The Hall–Kier alpha value is -1.94. The number of rotatable bonds is 1. The van der Waals surface area contributed by atoms with Crippen LogP contribution in [0.3, 0.4) is 0 Å². The van der Waals surface area contributed by atoms with E-state index in [-0.39, 0.29) is 0 Å². The third-order valence-electron chi connectivity index (χ3n) is 2.67. The fourth-order valence-corrected chi connectivity index (χ4v) is 2.67. The van der Waals surface area contributed by atoms with Gasteiger partial charge in [-0.3, -0.25) is 4.98 Å². The van der Waals surface area contributed by atoms with Gasteiger partial charge in [0.15, 0.2) is 0 Å². The Kier molecular flexibility index (Phi) is 2.72. The van der Waals surface area contributed by atoms with Crippen molar-refractivity contribution in [3.05, 3.63) is 45.9 Å². The Morgan fingerprint density at radius 1 is 1.17 bits per heavy atom. The fourth-order valence-electron chi connectivity index (χ4n) is 1.82. The third-order valence-corrected chi connectivity index (χ3v) is 3.72. The standard InChI is InChI=1S/C13H7IN4/c14-11-12(8-3-5-16-6-4-8)18-10-2-1-9(7-15)17-13(10)11/h1-6,18H. The lowest BCUT2D eigenvalue weighted by atomic mass is 10.2. The molecule has 5 heteroatoms. The molecule has 3 aromatic heterocycles. The molecule has 0 spiro atoms. The molecule has 0 amide bonds. The molecule has 0 aliphatic carbocycles. The highest BCUT2D eigenvalue weighted by molar-refractivity contribution is 14.1. The zero-order valence-electron chi connectivity index (χ0n) is 9.18. The van der Waals surface area contributed by atoms with Gasteiger partial charge < -0.3 is 4.98 Å². The highest BCUT2D eigenvalue weighted by Crippen LogP contribution is 2.30. The first kappa shape index (κ1) is 11.2. The van der Waals surface area contributed by atoms with Crippen molar-refractivity contribution in [2.24, 2.45) is 0 Å². The van der Waals surface area contributed by atoms with Crippen LogP contribution in [0.1, 0.15) is 5.69 Å². The molecule has 0 saturated carbocycles. The Labute approximate surface area is 117 Å². The predicted octanol–water partition coefficient (Wildman–Crippen LogP) is 3.10. The van der Waals surface area contributed by atoms with Crippen LogP contribution in [0.4, 0.5) is 0 Å². The van der Waals surface area contributed by atoms with Crippen molar-refractivity contribution in [1.82, 2.24) is 15.0 Å². The molecule has 86 valence electrons. The largest absolute Gasteiger partial charge is 0.352 e. The number of aromatic amines is 1. The zero-order chi connectivity index (χ0) is 12.5. The van der Waals surface area contributed by atoms with Gasteiger partial charge in [-0.05, 0) is 46.9 Å². The van der Waals surface area contributed by atoms with E-state index < -0.39 is 0 Å². The second kappa shape index (κ2) is 4.38. The van der Waals surface area contributed by atoms with Crippen LogP contribution in [-0.4, -0.2) is 15.0 Å². The van der Waals surface area contributed by atoms with Crippen molar-refractivity contribution in [2.75, 3.05) is 0 Å². The molecule has 18 heavy (non-hydrogen) atoms. The lowest BCUT2D eigenvalue weighted by Crippen LogP contribution is -1.83. The number of hydrogen-bond donors (Lipinski definition) is 1. The summed E-state index contributed by atoms with van der Waals surface area (Å²) < 4.78 is 1.02. The van der Waals surface area contributed by atoms with Crippen LogP contribution < -0.4 is 0 Å². The average Bonchev–Trinajstić information content (AvgIpc) is 2.77. The van der Waals surface area contributed by atoms with Gasteiger partial charge >= 0.3 is 0 Å². The summed E-state index contributed by atoms with van der Waals surface area (Å²) in [5, 5.41) is 8.88. The number of halogens is 1. The summed E-state index contributed by atoms with van der Waals surface area (Å²) in [6, 6.07) is 9.54.